The van der Waals surface area contributed by atoms with Gasteiger partial charge in [0, 0.05) is 32.6 Å². The number of amides is 1. The molecule has 20 heavy (non-hydrogen) atoms. The maximum atomic E-state index is 12.0. The van der Waals surface area contributed by atoms with Crippen LogP contribution in [0.15, 0.2) is 18.2 Å². The van der Waals surface area contributed by atoms with E-state index in [2.05, 4.69) is 5.32 Å². The SMILES string of the molecule is Cc1ccc(C)c(CC(=O)NCC2(O)CCOCC2)c1. The summed E-state index contributed by atoms with van der Waals surface area (Å²) in [5, 5.41) is 13.1. The number of hydrogen-bond donors (Lipinski definition) is 2. The minimum absolute atomic E-state index is 0.0429. The molecule has 0 aromatic heterocycles. The van der Waals surface area contributed by atoms with Crippen molar-refractivity contribution in [2.75, 3.05) is 19.8 Å². The topological polar surface area (TPSA) is 58.6 Å². The van der Waals surface area contributed by atoms with Gasteiger partial charge in [-0.2, -0.15) is 0 Å². The molecule has 0 bridgehead atoms. The van der Waals surface area contributed by atoms with Crippen LogP contribution >= 0.6 is 0 Å². The lowest BCUT2D eigenvalue weighted by molar-refractivity contribution is -0.123. The third-order valence-electron chi connectivity index (χ3n) is 3.89. The average Bonchev–Trinajstić information content (AvgIpc) is 2.42. The zero-order chi connectivity index (χ0) is 14.6. The summed E-state index contributed by atoms with van der Waals surface area (Å²) in [6.07, 6.45) is 1.52. The minimum atomic E-state index is -0.810. The molecule has 1 fully saturated rings. The number of carbonyl (C=O) groups excluding carboxylic acids is 1. The number of aliphatic hydroxyl groups is 1. The smallest absolute Gasteiger partial charge is 0.224 e. The molecule has 1 aromatic rings. The highest BCUT2D eigenvalue weighted by Gasteiger charge is 2.30. The molecule has 0 unspecified atom stereocenters. The molecule has 4 nitrogen and oxygen atoms in total. The largest absolute Gasteiger partial charge is 0.388 e. The van der Waals surface area contributed by atoms with Crippen LogP contribution in [0.3, 0.4) is 0 Å². The summed E-state index contributed by atoms with van der Waals surface area (Å²) < 4.78 is 5.22. The van der Waals surface area contributed by atoms with E-state index in [0.717, 1.165) is 16.7 Å². The molecule has 4 heteroatoms. The molecule has 1 heterocycles. The summed E-state index contributed by atoms with van der Waals surface area (Å²) >= 11 is 0. The van der Waals surface area contributed by atoms with Crippen LogP contribution in [0.4, 0.5) is 0 Å². The lowest BCUT2D eigenvalue weighted by Crippen LogP contribution is -2.47. The van der Waals surface area contributed by atoms with Gasteiger partial charge in [0.2, 0.25) is 5.91 Å². The number of rotatable bonds is 4. The van der Waals surface area contributed by atoms with Gasteiger partial charge in [0.25, 0.3) is 0 Å². The Bertz CT molecular complexity index is 479. The Morgan fingerprint density at radius 2 is 2.05 bits per heavy atom. The Kier molecular flexibility index (Phi) is 4.78. The van der Waals surface area contributed by atoms with Crippen molar-refractivity contribution in [2.45, 2.75) is 38.7 Å². The molecule has 110 valence electrons. The van der Waals surface area contributed by atoms with Crippen LogP contribution in [0.25, 0.3) is 0 Å². The van der Waals surface area contributed by atoms with Gasteiger partial charge in [-0.1, -0.05) is 23.8 Å². The third kappa shape index (κ3) is 4.05. The van der Waals surface area contributed by atoms with Gasteiger partial charge in [-0.05, 0) is 25.0 Å². The highest BCUT2D eigenvalue weighted by atomic mass is 16.5. The lowest BCUT2D eigenvalue weighted by atomic mass is 9.94. The van der Waals surface area contributed by atoms with E-state index in [1.165, 1.54) is 0 Å². The highest BCUT2D eigenvalue weighted by Crippen LogP contribution is 2.19. The van der Waals surface area contributed by atoms with Crippen molar-refractivity contribution >= 4 is 5.91 Å². The van der Waals surface area contributed by atoms with E-state index in [0.29, 0.717) is 39.0 Å². The molecule has 0 aliphatic carbocycles. The molecule has 1 aliphatic heterocycles. The summed E-state index contributed by atoms with van der Waals surface area (Å²) in [6, 6.07) is 6.11. The van der Waals surface area contributed by atoms with Crippen molar-refractivity contribution < 1.29 is 14.6 Å². The zero-order valence-corrected chi connectivity index (χ0v) is 12.2. The van der Waals surface area contributed by atoms with E-state index in [1.54, 1.807) is 0 Å². The maximum absolute atomic E-state index is 12.0. The fraction of sp³-hybridized carbons (Fsp3) is 0.562. The zero-order valence-electron chi connectivity index (χ0n) is 12.2. The van der Waals surface area contributed by atoms with E-state index >= 15 is 0 Å². The summed E-state index contributed by atoms with van der Waals surface area (Å²) in [5.41, 5.74) is 2.51. The Morgan fingerprint density at radius 3 is 2.75 bits per heavy atom. The second-order valence-corrected chi connectivity index (χ2v) is 5.72. The molecule has 0 spiro atoms. The molecule has 1 aromatic carbocycles. The van der Waals surface area contributed by atoms with Gasteiger partial charge < -0.3 is 15.2 Å². The van der Waals surface area contributed by atoms with Crippen LogP contribution in [-0.2, 0) is 16.0 Å². The van der Waals surface area contributed by atoms with Crippen molar-refractivity contribution in [3.63, 3.8) is 0 Å². The summed E-state index contributed by atoms with van der Waals surface area (Å²) in [4.78, 5) is 12.0. The second kappa shape index (κ2) is 6.37. The first-order chi connectivity index (χ1) is 9.48. The molecule has 1 aliphatic rings. The van der Waals surface area contributed by atoms with Crippen LogP contribution in [0.5, 0.6) is 0 Å². The molecule has 2 rings (SSSR count). The number of hydrogen-bond acceptors (Lipinski definition) is 3. The Hall–Kier alpha value is -1.39. The van der Waals surface area contributed by atoms with Crippen molar-refractivity contribution in [3.8, 4) is 0 Å². The quantitative estimate of drug-likeness (QED) is 0.877. The van der Waals surface area contributed by atoms with E-state index in [1.807, 2.05) is 32.0 Å². The van der Waals surface area contributed by atoms with Gasteiger partial charge in [0.15, 0.2) is 0 Å². The van der Waals surface area contributed by atoms with Crippen molar-refractivity contribution in [1.29, 1.82) is 0 Å². The van der Waals surface area contributed by atoms with Gasteiger partial charge in [-0.15, -0.1) is 0 Å². The first kappa shape index (κ1) is 15.0. The van der Waals surface area contributed by atoms with Crippen LogP contribution in [0, 0.1) is 13.8 Å². The standard InChI is InChI=1S/C16H23NO3/c1-12-3-4-13(2)14(9-12)10-15(18)17-11-16(19)5-7-20-8-6-16/h3-4,9,19H,5-8,10-11H2,1-2H3,(H,17,18). The van der Waals surface area contributed by atoms with E-state index in [-0.39, 0.29) is 5.91 Å². The van der Waals surface area contributed by atoms with Crippen LogP contribution in [0.2, 0.25) is 0 Å². The molecular formula is C16H23NO3. The predicted molar refractivity (Wildman–Crippen MR) is 77.6 cm³/mol. The van der Waals surface area contributed by atoms with Crippen molar-refractivity contribution in [2.24, 2.45) is 0 Å². The summed E-state index contributed by atoms with van der Waals surface area (Å²) in [6.45, 7) is 5.45. The Morgan fingerprint density at radius 1 is 1.35 bits per heavy atom. The first-order valence-electron chi connectivity index (χ1n) is 7.11. The highest BCUT2D eigenvalue weighted by molar-refractivity contribution is 5.79. The monoisotopic (exact) mass is 277 g/mol. The Balaban J connectivity index is 1.87. The predicted octanol–water partition coefficient (Wildman–Crippen LogP) is 1.50. The van der Waals surface area contributed by atoms with E-state index in [4.69, 9.17) is 4.74 Å². The fourth-order valence-corrected chi connectivity index (χ4v) is 2.42. The van der Waals surface area contributed by atoms with Gasteiger partial charge in [0.1, 0.15) is 0 Å². The molecule has 2 N–H and O–H groups in total. The summed E-state index contributed by atoms with van der Waals surface area (Å²) in [5.74, 6) is -0.0429. The molecule has 0 atom stereocenters. The first-order valence-corrected chi connectivity index (χ1v) is 7.11. The molecule has 0 radical (unpaired) electrons. The lowest BCUT2D eigenvalue weighted by Gasteiger charge is -2.32. The average molecular weight is 277 g/mol. The molecule has 1 amide bonds. The summed E-state index contributed by atoms with van der Waals surface area (Å²) in [7, 11) is 0. The maximum Gasteiger partial charge on any atom is 0.224 e. The van der Waals surface area contributed by atoms with Crippen LogP contribution in [-0.4, -0.2) is 36.4 Å². The normalized spacial score (nSPS) is 17.8. The molecule has 0 saturated carbocycles. The molecular weight excluding hydrogens is 254 g/mol. The van der Waals surface area contributed by atoms with E-state index in [9.17, 15) is 9.90 Å². The van der Waals surface area contributed by atoms with Gasteiger partial charge >= 0.3 is 0 Å². The van der Waals surface area contributed by atoms with E-state index < -0.39 is 5.60 Å². The number of nitrogens with one attached hydrogen (secondary N) is 1. The van der Waals surface area contributed by atoms with Crippen molar-refractivity contribution in [1.82, 2.24) is 5.32 Å². The van der Waals surface area contributed by atoms with Gasteiger partial charge in [-0.3, -0.25) is 4.79 Å². The molecule has 1 saturated heterocycles. The number of carbonyl (C=O) groups is 1. The minimum Gasteiger partial charge on any atom is -0.388 e. The fourth-order valence-electron chi connectivity index (χ4n) is 2.42. The van der Waals surface area contributed by atoms with Gasteiger partial charge in [0.05, 0.1) is 12.0 Å². The number of ether oxygens (including phenoxy) is 1. The second-order valence-electron chi connectivity index (χ2n) is 5.72. The van der Waals surface area contributed by atoms with Gasteiger partial charge in [-0.25, -0.2) is 0 Å². The van der Waals surface area contributed by atoms with Crippen molar-refractivity contribution in [3.05, 3.63) is 34.9 Å². The number of aryl methyl sites for hydroxylation is 2. The van der Waals surface area contributed by atoms with Crippen LogP contribution in [0.1, 0.15) is 29.5 Å². The Labute approximate surface area is 120 Å². The van der Waals surface area contributed by atoms with Crippen LogP contribution < -0.4 is 5.32 Å². The number of benzene rings is 1. The third-order valence-corrected chi connectivity index (χ3v) is 3.89.